The Labute approximate surface area is 166 Å². The van der Waals surface area contributed by atoms with Gasteiger partial charge in [0.15, 0.2) is 5.96 Å². The van der Waals surface area contributed by atoms with Crippen molar-refractivity contribution in [3.63, 3.8) is 0 Å². The van der Waals surface area contributed by atoms with Crippen molar-refractivity contribution in [2.75, 3.05) is 46.8 Å². The average molecular weight is 380 g/mol. The second kappa shape index (κ2) is 10.9. The van der Waals surface area contributed by atoms with Crippen LogP contribution in [-0.2, 0) is 4.79 Å². The van der Waals surface area contributed by atoms with Gasteiger partial charge in [-0.25, -0.2) is 0 Å². The zero-order valence-electron chi connectivity index (χ0n) is 18.0. The van der Waals surface area contributed by atoms with E-state index < -0.39 is 0 Å². The van der Waals surface area contributed by atoms with Crippen LogP contribution in [0.4, 0.5) is 0 Å². The largest absolute Gasteiger partial charge is 0.357 e. The first-order chi connectivity index (χ1) is 13.0. The van der Waals surface area contributed by atoms with Gasteiger partial charge in [-0.15, -0.1) is 0 Å². The van der Waals surface area contributed by atoms with Gasteiger partial charge in [-0.1, -0.05) is 26.2 Å². The van der Waals surface area contributed by atoms with Gasteiger partial charge >= 0.3 is 0 Å². The third kappa shape index (κ3) is 6.37. The number of nitrogens with zero attached hydrogens (tertiary/aromatic N) is 3. The fraction of sp³-hybridized carbons (Fsp3) is 0.905. The van der Waals surface area contributed by atoms with Gasteiger partial charge in [0, 0.05) is 39.8 Å². The molecule has 0 aromatic rings. The van der Waals surface area contributed by atoms with Gasteiger partial charge in [-0.2, -0.15) is 0 Å². The molecule has 2 aliphatic rings. The summed E-state index contributed by atoms with van der Waals surface area (Å²) in [5, 5.41) is 7.02. The number of guanidine groups is 1. The summed E-state index contributed by atoms with van der Waals surface area (Å²) in [5.41, 5.74) is -0.296. The number of unbranched alkanes of at least 4 members (excludes halogenated alkanes) is 1. The number of hydrogen-bond donors (Lipinski definition) is 2. The summed E-state index contributed by atoms with van der Waals surface area (Å²) in [5.74, 6) is 1.12. The van der Waals surface area contributed by atoms with Crippen LogP contribution in [0.1, 0.15) is 65.2 Å². The Bertz CT molecular complexity index is 477. The highest BCUT2D eigenvalue weighted by molar-refractivity contribution is 5.84. The fourth-order valence-corrected chi connectivity index (χ4v) is 4.39. The van der Waals surface area contributed by atoms with Crippen molar-refractivity contribution in [1.29, 1.82) is 0 Å². The first-order valence-electron chi connectivity index (χ1n) is 11.0. The minimum absolute atomic E-state index is 0.240. The molecule has 1 amide bonds. The van der Waals surface area contributed by atoms with Crippen LogP contribution in [0.2, 0.25) is 0 Å². The molecule has 0 atom stereocenters. The van der Waals surface area contributed by atoms with E-state index >= 15 is 0 Å². The van der Waals surface area contributed by atoms with Crippen LogP contribution in [0.5, 0.6) is 0 Å². The van der Waals surface area contributed by atoms with E-state index in [1.165, 1.54) is 32.5 Å². The first-order valence-corrected chi connectivity index (χ1v) is 11.0. The predicted octanol–water partition coefficient (Wildman–Crippen LogP) is 2.45. The van der Waals surface area contributed by atoms with E-state index in [9.17, 15) is 4.79 Å². The van der Waals surface area contributed by atoms with E-state index in [-0.39, 0.29) is 11.3 Å². The third-order valence-corrected chi connectivity index (χ3v) is 6.06. The van der Waals surface area contributed by atoms with Crippen LogP contribution < -0.4 is 10.6 Å². The molecule has 0 radical (unpaired) electrons. The molecule has 0 bridgehead atoms. The molecule has 2 N–H and O–H groups in total. The highest BCUT2D eigenvalue weighted by Gasteiger charge is 2.42. The lowest BCUT2D eigenvalue weighted by molar-refractivity contribution is -0.138. The van der Waals surface area contributed by atoms with Crippen molar-refractivity contribution in [3.05, 3.63) is 0 Å². The van der Waals surface area contributed by atoms with Gasteiger partial charge in [0.2, 0.25) is 5.91 Å². The Kier molecular flexibility index (Phi) is 8.87. The zero-order valence-corrected chi connectivity index (χ0v) is 18.0. The predicted molar refractivity (Wildman–Crippen MR) is 113 cm³/mol. The third-order valence-electron chi connectivity index (χ3n) is 6.06. The molecule has 2 rings (SSSR count). The Hall–Kier alpha value is -1.30. The van der Waals surface area contributed by atoms with E-state index in [1.54, 1.807) is 4.90 Å². The van der Waals surface area contributed by atoms with Crippen molar-refractivity contribution in [2.24, 2.45) is 10.4 Å². The highest BCUT2D eigenvalue weighted by atomic mass is 16.2. The number of aliphatic imine (C=N–C) groups is 1. The zero-order chi connectivity index (χ0) is 19.7. The second-order valence-corrected chi connectivity index (χ2v) is 8.50. The lowest BCUT2D eigenvalue weighted by Crippen LogP contribution is -2.49. The number of piperidine rings is 1. The molecule has 1 saturated carbocycles. The normalized spacial score (nSPS) is 21.3. The van der Waals surface area contributed by atoms with Crippen molar-refractivity contribution in [1.82, 2.24) is 20.4 Å². The molecule has 1 aliphatic heterocycles. The average Bonchev–Trinajstić information content (AvgIpc) is 3.15. The second-order valence-electron chi connectivity index (χ2n) is 8.50. The van der Waals surface area contributed by atoms with Gasteiger partial charge < -0.3 is 20.4 Å². The van der Waals surface area contributed by atoms with E-state index in [0.29, 0.717) is 12.6 Å². The maximum absolute atomic E-state index is 12.8. The van der Waals surface area contributed by atoms with E-state index in [0.717, 1.165) is 51.0 Å². The maximum Gasteiger partial charge on any atom is 0.230 e. The maximum atomic E-state index is 12.8. The number of amides is 1. The van der Waals surface area contributed by atoms with Crippen molar-refractivity contribution >= 4 is 11.9 Å². The minimum Gasteiger partial charge on any atom is -0.357 e. The van der Waals surface area contributed by atoms with Crippen LogP contribution >= 0.6 is 0 Å². The molecule has 2 fully saturated rings. The summed E-state index contributed by atoms with van der Waals surface area (Å²) in [7, 11) is 3.73. The SMILES string of the molecule is CCCCN1CCC(NC(=NCC2(C(=O)N(C)C)CCCC2)NCC)CC1. The molecule has 1 heterocycles. The Balaban J connectivity index is 1.93. The number of likely N-dealkylation sites (tertiary alicyclic amines) is 1. The van der Waals surface area contributed by atoms with Gasteiger partial charge in [0.25, 0.3) is 0 Å². The highest BCUT2D eigenvalue weighted by Crippen LogP contribution is 2.39. The fourth-order valence-electron chi connectivity index (χ4n) is 4.39. The summed E-state index contributed by atoms with van der Waals surface area (Å²) in [6.45, 7) is 9.35. The number of carbonyl (C=O) groups excluding carboxylic acids is 1. The van der Waals surface area contributed by atoms with Crippen molar-refractivity contribution in [3.8, 4) is 0 Å². The summed E-state index contributed by atoms with van der Waals surface area (Å²) in [6, 6.07) is 0.477. The van der Waals surface area contributed by atoms with Crippen LogP contribution in [-0.4, -0.2) is 74.5 Å². The molecule has 27 heavy (non-hydrogen) atoms. The molecule has 1 aliphatic carbocycles. The lowest BCUT2D eigenvalue weighted by Gasteiger charge is -2.33. The van der Waals surface area contributed by atoms with E-state index in [4.69, 9.17) is 4.99 Å². The van der Waals surface area contributed by atoms with E-state index in [2.05, 4.69) is 29.4 Å². The lowest BCUT2D eigenvalue weighted by atomic mass is 9.85. The molecule has 6 nitrogen and oxygen atoms in total. The number of nitrogens with one attached hydrogen (secondary N) is 2. The molecule has 0 aromatic heterocycles. The molecule has 0 spiro atoms. The monoisotopic (exact) mass is 379 g/mol. The van der Waals surface area contributed by atoms with Gasteiger partial charge in [-0.05, 0) is 45.6 Å². The van der Waals surface area contributed by atoms with Crippen LogP contribution in [0.15, 0.2) is 4.99 Å². The Morgan fingerprint density at radius 3 is 2.41 bits per heavy atom. The van der Waals surface area contributed by atoms with E-state index in [1.807, 2.05) is 14.1 Å². The number of carbonyl (C=O) groups is 1. The molecule has 0 aromatic carbocycles. The summed E-state index contributed by atoms with van der Waals surface area (Å²) < 4.78 is 0. The van der Waals surface area contributed by atoms with Gasteiger partial charge in [0.1, 0.15) is 0 Å². The molecule has 6 heteroatoms. The minimum atomic E-state index is -0.296. The Morgan fingerprint density at radius 2 is 1.85 bits per heavy atom. The molecule has 0 unspecified atom stereocenters. The molecular weight excluding hydrogens is 338 g/mol. The van der Waals surface area contributed by atoms with Gasteiger partial charge in [0.05, 0.1) is 12.0 Å². The van der Waals surface area contributed by atoms with Crippen molar-refractivity contribution < 1.29 is 4.79 Å². The summed E-state index contributed by atoms with van der Waals surface area (Å²) in [6.07, 6.45) is 9.08. The quantitative estimate of drug-likeness (QED) is 0.502. The molecule has 1 saturated heterocycles. The van der Waals surface area contributed by atoms with Crippen molar-refractivity contribution in [2.45, 2.75) is 71.3 Å². The van der Waals surface area contributed by atoms with Crippen LogP contribution in [0.3, 0.4) is 0 Å². The summed E-state index contributed by atoms with van der Waals surface area (Å²) in [4.78, 5) is 21.9. The van der Waals surface area contributed by atoms with Crippen LogP contribution in [0, 0.1) is 5.41 Å². The number of hydrogen-bond acceptors (Lipinski definition) is 3. The van der Waals surface area contributed by atoms with Crippen LogP contribution in [0.25, 0.3) is 0 Å². The topological polar surface area (TPSA) is 60.0 Å². The van der Waals surface area contributed by atoms with Gasteiger partial charge in [-0.3, -0.25) is 9.79 Å². The molecular formula is C21H41N5O. The summed E-state index contributed by atoms with van der Waals surface area (Å²) >= 11 is 0. The molecule has 156 valence electrons. The first kappa shape index (κ1) is 22.0. The smallest absolute Gasteiger partial charge is 0.230 e. The number of rotatable bonds is 8. The standard InChI is InChI=1S/C21H41N5O/c1-5-7-14-26-15-10-18(11-16-26)24-20(22-6-2)23-17-21(12-8-9-13-21)19(27)25(3)4/h18H,5-17H2,1-4H3,(H2,22,23,24). The Morgan fingerprint density at radius 1 is 1.19 bits per heavy atom.